The molecule has 0 aromatic carbocycles. The lowest BCUT2D eigenvalue weighted by Gasteiger charge is -2.27. The van der Waals surface area contributed by atoms with Gasteiger partial charge in [-0.05, 0) is 13.3 Å². The third kappa shape index (κ3) is 4.07. The summed E-state index contributed by atoms with van der Waals surface area (Å²) < 4.78 is 4.58. The van der Waals surface area contributed by atoms with Crippen LogP contribution in [0, 0.1) is 5.41 Å². The van der Waals surface area contributed by atoms with Gasteiger partial charge in [0.25, 0.3) is 0 Å². The normalized spacial score (nSPS) is 17.2. The predicted octanol–water partition coefficient (Wildman–Crippen LogP) is 0.546. The number of carbonyl (C=O) groups is 1. The van der Waals surface area contributed by atoms with E-state index in [9.17, 15) is 4.79 Å². The first-order chi connectivity index (χ1) is 6.49. The number of rotatable bonds is 6. The van der Waals surface area contributed by atoms with Crippen molar-refractivity contribution in [2.75, 3.05) is 20.3 Å². The van der Waals surface area contributed by atoms with Gasteiger partial charge in [0, 0.05) is 18.6 Å². The molecular weight excluding hydrogens is 182 g/mol. The summed E-state index contributed by atoms with van der Waals surface area (Å²) in [4.78, 5) is 11.1. The van der Waals surface area contributed by atoms with E-state index in [0.29, 0.717) is 6.54 Å². The highest BCUT2D eigenvalue weighted by molar-refractivity contribution is 5.75. The number of esters is 1. The highest BCUT2D eigenvalue weighted by Crippen LogP contribution is 2.18. The van der Waals surface area contributed by atoms with Gasteiger partial charge >= 0.3 is 5.97 Å². The lowest BCUT2D eigenvalue weighted by Crippen LogP contribution is -2.42. The lowest BCUT2D eigenvalue weighted by atomic mass is 9.88. The van der Waals surface area contributed by atoms with Crippen molar-refractivity contribution in [2.24, 2.45) is 5.41 Å². The van der Waals surface area contributed by atoms with Crippen LogP contribution >= 0.6 is 0 Å². The highest BCUT2D eigenvalue weighted by Gasteiger charge is 2.23. The molecule has 4 heteroatoms. The van der Waals surface area contributed by atoms with Crippen molar-refractivity contribution < 1.29 is 14.6 Å². The maximum Gasteiger partial charge on any atom is 0.322 e. The van der Waals surface area contributed by atoms with Crippen molar-refractivity contribution in [1.82, 2.24) is 5.32 Å². The van der Waals surface area contributed by atoms with Crippen molar-refractivity contribution in [2.45, 2.75) is 33.2 Å². The van der Waals surface area contributed by atoms with Gasteiger partial charge < -0.3 is 15.2 Å². The summed E-state index contributed by atoms with van der Waals surface area (Å²) in [5.74, 6) is -0.276. The topological polar surface area (TPSA) is 58.6 Å². The standard InChI is InChI=1S/C10H21NO3/c1-5-10(3,7-12)6-11-8(2)9(13)14-4/h8,11-12H,5-7H2,1-4H3. The van der Waals surface area contributed by atoms with Crippen LogP contribution in [0.4, 0.5) is 0 Å². The van der Waals surface area contributed by atoms with Gasteiger partial charge in [-0.1, -0.05) is 13.8 Å². The lowest BCUT2D eigenvalue weighted by molar-refractivity contribution is -0.142. The molecule has 0 heterocycles. The molecule has 4 nitrogen and oxygen atoms in total. The summed E-state index contributed by atoms with van der Waals surface area (Å²) in [5, 5.41) is 12.2. The predicted molar refractivity (Wildman–Crippen MR) is 55.0 cm³/mol. The summed E-state index contributed by atoms with van der Waals surface area (Å²) >= 11 is 0. The van der Waals surface area contributed by atoms with Crippen LogP contribution in [0.15, 0.2) is 0 Å². The molecule has 2 atom stereocenters. The molecule has 2 unspecified atom stereocenters. The number of methoxy groups -OCH3 is 1. The maximum atomic E-state index is 11.1. The number of hydrogen-bond donors (Lipinski definition) is 2. The maximum absolute atomic E-state index is 11.1. The van der Waals surface area contributed by atoms with Gasteiger partial charge in [0.1, 0.15) is 6.04 Å². The summed E-state index contributed by atoms with van der Waals surface area (Å²) in [6.45, 7) is 6.46. The van der Waals surface area contributed by atoms with E-state index in [1.807, 2.05) is 13.8 Å². The van der Waals surface area contributed by atoms with Gasteiger partial charge in [0.15, 0.2) is 0 Å². The Morgan fingerprint density at radius 1 is 1.64 bits per heavy atom. The zero-order valence-corrected chi connectivity index (χ0v) is 9.46. The van der Waals surface area contributed by atoms with Crippen LogP contribution in [0.25, 0.3) is 0 Å². The average Bonchev–Trinajstić information content (AvgIpc) is 2.24. The van der Waals surface area contributed by atoms with Gasteiger partial charge in [0.05, 0.1) is 7.11 Å². The minimum absolute atomic E-state index is 0.115. The zero-order chi connectivity index (χ0) is 11.2. The Kier molecular flexibility index (Phi) is 5.72. The van der Waals surface area contributed by atoms with Gasteiger partial charge in [-0.3, -0.25) is 4.79 Å². The molecule has 0 amide bonds. The van der Waals surface area contributed by atoms with Crippen molar-refractivity contribution in [3.63, 3.8) is 0 Å². The molecule has 0 aromatic heterocycles. The second-order valence-electron chi connectivity index (χ2n) is 3.95. The molecule has 14 heavy (non-hydrogen) atoms. The molecule has 0 rings (SSSR count). The third-order valence-corrected chi connectivity index (χ3v) is 2.63. The molecular formula is C10H21NO3. The summed E-state index contributed by atoms with van der Waals surface area (Å²) in [5.41, 5.74) is -0.164. The number of hydrogen-bond acceptors (Lipinski definition) is 4. The quantitative estimate of drug-likeness (QED) is 0.619. The van der Waals surface area contributed by atoms with Gasteiger partial charge in [0.2, 0.25) is 0 Å². The van der Waals surface area contributed by atoms with E-state index in [1.165, 1.54) is 7.11 Å². The Morgan fingerprint density at radius 2 is 2.21 bits per heavy atom. The van der Waals surface area contributed by atoms with Gasteiger partial charge in [-0.25, -0.2) is 0 Å². The second kappa shape index (κ2) is 5.98. The van der Waals surface area contributed by atoms with Crippen LogP contribution in [0.1, 0.15) is 27.2 Å². The van der Waals surface area contributed by atoms with E-state index in [2.05, 4.69) is 10.1 Å². The first-order valence-corrected chi connectivity index (χ1v) is 4.91. The third-order valence-electron chi connectivity index (χ3n) is 2.63. The molecule has 0 saturated carbocycles. The smallest absolute Gasteiger partial charge is 0.322 e. The van der Waals surface area contributed by atoms with Crippen LogP contribution in [-0.2, 0) is 9.53 Å². The van der Waals surface area contributed by atoms with E-state index in [4.69, 9.17) is 5.11 Å². The van der Waals surface area contributed by atoms with Crippen molar-refractivity contribution >= 4 is 5.97 Å². The number of aliphatic hydroxyl groups excluding tert-OH is 1. The van der Waals surface area contributed by atoms with Gasteiger partial charge in [-0.15, -0.1) is 0 Å². The van der Waals surface area contributed by atoms with Crippen LogP contribution in [0.2, 0.25) is 0 Å². The fraction of sp³-hybridized carbons (Fsp3) is 0.900. The average molecular weight is 203 g/mol. The number of nitrogens with one attached hydrogen (secondary N) is 1. The zero-order valence-electron chi connectivity index (χ0n) is 9.46. The second-order valence-corrected chi connectivity index (χ2v) is 3.95. The van der Waals surface area contributed by atoms with E-state index in [-0.39, 0.29) is 24.0 Å². The molecule has 2 N–H and O–H groups in total. The van der Waals surface area contributed by atoms with Crippen LogP contribution in [0.3, 0.4) is 0 Å². The van der Waals surface area contributed by atoms with Gasteiger partial charge in [-0.2, -0.15) is 0 Å². The number of aliphatic hydroxyl groups is 1. The van der Waals surface area contributed by atoms with E-state index < -0.39 is 0 Å². The van der Waals surface area contributed by atoms with Crippen molar-refractivity contribution in [3.8, 4) is 0 Å². The molecule has 0 aliphatic rings. The molecule has 0 bridgehead atoms. The Balaban J connectivity index is 3.97. The number of ether oxygens (including phenoxy) is 1. The molecule has 0 radical (unpaired) electrons. The Hall–Kier alpha value is -0.610. The fourth-order valence-electron chi connectivity index (χ4n) is 0.952. The molecule has 0 aromatic rings. The first kappa shape index (κ1) is 13.4. The molecule has 84 valence electrons. The van der Waals surface area contributed by atoms with E-state index in [1.54, 1.807) is 6.92 Å². The Morgan fingerprint density at radius 3 is 2.57 bits per heavy atom. The van der Waals surface area contributed by atoms with Crippen LogP contribution in [-0.4, -0.2) is 37.4 Å². The van der Waals surface area contributed by atoms with Crippen LogP contribution in [0.5, 0.6) is 0 Å². The number of carbonyl (C=O) groups excluding carboxylic acids is 1. The Bertz CT molecular complexity index is 178. The summed E-state index contributed by atoms with van der Waals surface area (Å²) in [6, 6.07) is -0.322. The largest absolute Gasteiger partial charge is 0.468 e. The molecule has 0 aliphatic heterocycles. The van der Waals surface area contributed by atoms with Crippen molar-refractivity contribution in [1.29, 1.82) is 0 Å². The summed E-state index contributed by atoms with van der Waals surface area (Å²) in [7, 11) is 1.37. The summed E-state index contributed by atoms with van der Waals surface area (Å²) in [6.07, 6.45) is 0.865. The minimum atomic E-state index is -0.322. The highest BCUT2D eigenvalue weighted by atomic mass is 16.5. The van der Waals surface area contributed by atoms with Crippen LogP contribution < -0.4 is 5.32 Å². The fourth-order valence-corrected chi connectivity index (χ4v) is 0.952. The van der Waals surface area contributed by atoms with Crippen molar-refractivity contribution in [3.05, 3.63) is 0 Å². The monoisotopic (exact) mass is 203 g/mol. The molecule has 0 saturated heterocycles. The Labute approximate surface area is 85.6 Å². The SMILES string of the molecule is CCC(C)(CO)CNC(C)C(=O)OC. The van der Waals surface area contributed by atoms with E-state index in [0.717, 1.165) is 6.42 Å². The molecule has 0 fully saturated rings. The first-order valence-electron chi connectivity index (χ1n) is 4.91. The van der Waals surface area contributed by atoms with E-state index >= 15 is 0 Å². The minimum Gasteiger partial charge on any atom is -0.468 e. The molecule has 0 aliphatic carbocycles. The molecule has 0 spiro atoms.